The van der Waals surface area contributed by atoms with Crippen LogP contribution in [0.5, 0.6) is 0 Å². The largest absolute Gasteiger partial charge is 0.368 e. The van der Waals surface area contributed by atoms with Crippen molar-refractivity contribution in [3.8, 4) is 0 Å². The molecule has 1 fully saturated rings. The maximum Gasteiger partial charge on any atom is 0.258 e. The van der Waals surface area contributed by atoms with Crippen molar-refractivity contribution in [1.82, 2.24) is 19.3 Å². The number of fused-ring (bicyclic) bond motifs is 3. The fourth-order valence-corrected chi connectivity index (χ4v) is 3.92. The minimum atomic E-state index is -0.0344. The van der Waals surface area contributed by atoms with Gasteiger partial charge in [-0.05, 0) is 35.9 Å². The fourth-order valence-electron chi connectivity index (χ4n) is 3.92. The Morgan fingerprint density at radius 3 is 2.70 bits per heavy atom. The Balaban J connectivity index is 1.35. The summed E-state index contributed by atoms with van der Waals surface area (Å²) in [6.07, 6.45) is 5.88. The lowest BCUT2D eigenvalue weighted by atomic mass is 10.2. The number of benzene rings is 1. The maximum atomic E-state index is 12.3. The van der Waals surface area contributed by atoms with Crippen molar-refractivity contribution in [3.05, 3.63) is 77.0 Å². The van der Waals surface area contributed by atoms with Crippen LogP contribution in [0.25, 0.3) is 16.6 Å². The number of aromatic nitrogens is 3. The summed E-state index contributed by atoms with van der Waals surface area (Å²) in [7, 11) is 0. The molecule has 27 heavy (non-hydrogen) atoms. The number of hydrogen-bond acceptors (Lipinski definition) is 4. The lowest BCUT2D eigenvalue weighted by Gasteiger charge is -2.35. The van der Waals surface area contributed by atoms with Gasteiger partial charge in [0, 0.05) is 45.1 Å². The molecule has 1 N–H and O–H groups in total. The second-order valence-corrected chi connectivity index (χ2v) is 7.05. The Morgan fingerprint density at radius 2 is 1.89 bits per heavy atom. The number of anilines is 1. The van der Waals surface area contributed by atoms with Crippen LogP contribution >= 0.6 is 0 Å². The molecule has 0 radical (unpaired) electrons. The van der Waals surface area contributed by atoms with Crippen molar-refractivity contribution in [2.75, 3.05) is 31.1 Å². The average molecular weight is 359 g/mol. The van der Waals surface area contributed by atoms with Gasteiger partial charge in [-0.3, -0.25) is 14.7 Å². The van der Waals surface area contributed by atoms with Gasteiger partial charge in [0.1, 0.15) is 5.65 Å². The highest BCUT2D eigenvalue weighted by atomic mass is 16.1. The summed E-state index contributed by atoms with van der Waals surface area (Å²) in [4.78, 5) is 24.3. The van der Waals surface area contributed by atoms with E-state index in [1.165, 1.54) is 11.3 Å². The van der Waals surface area contributed by atoms with E-state index < -0.39 is 0 Å². The summed E-state index contributed by atoms with van der Waals surface area (Å²) >= 11 is 0. The molecule has 0 spiro atoms. The van der Waals surface area contributed by atoms with Gasteiger partial charge in [-0.25, -0.2) is 0 Å². The van der Waals surface area contributed by atoms with Gasteiger partial charge < -0.3 is 14.3 Å². The molecule has 6 heteroatoms. The van der Waals surface area contributed by atoms with Crippen molar-refractivity contribution >= 4 is 22.2 Å². The summed E-state index contributed by atoms with van der Waals surface area (Å²) in [5, 5.41) is 0.720. The Hall–Kier alpha value is -3.12. The number of nitrogens with one attached hydrogen (secondary N) is 1. The molecule has 0 bridgehead atoms. The second-order valence-electron chi connectivity index (χ2n) is 7.05. The summed E-state index contributed by atoms with van der Waals surface area (Å²) in [5.74, 6) is 0. The Bertz CT molecular complexity index is 1140. The summed E-state index contributed by atoms with van der Waals surface area (Å²) in [6.45, 7) is 4.91. The Labute approximate surface area is 156 Å². The molecular formula is C21H21N5O. The highest BCUT2D eigenvalue weighted by Gasteiger charge is 2.18. The average Bonchev–Trinajstić information content (AvgIpc) is 3.12. The first-order valence-corrected chi connectivity index (χ1v) is 9.27. The summed E-state index contributed by atoms with van der Waals surface area (Å²) in [6, 6.07) is 13.9. The van der Waals surface area contributed by atoms with Crippen molar-refractivity contribution < 1.29 is 0 Å². The van der Waals surface area contributed by atoms with E-state index in [-0.39, 0.29) is 5.56 Å². The number of hydrogen-bond donors (Lipinski definition) is 1. The molecular weight excluding hydrogens is 338 g/mol. The number of pyridine rings is 1. The zero-order chi connectivity index (χ0) is 18.2. The van der Waals surface area contributed by atoms with E-state index in [1.54, 1.807) is 0 Å². The van der Waals surface area contributed by atoms with Gasteiger partial charge in [-0.15, -0.1) is 0 Å². The van der Waals surface area contributed by atoms with Crippen LogP contribution in [-0.4, -0.2) is 45.4 Å². The first-order valence-electron chi connectivity index (χ1n) is 9.27. The summed E-state index contributed by atoms with van der Waals surface area (Å²) < 4.78 is 2.08. The van der Waals surface area contributed by atoms with Crippen LogP contribution < -0.4 is 10.5 Å². The molecule has 1 aromatic carbocycles. The lowest BCUT2D eigenvalue weighted by molar-refractivity contribution is 0.250. The standard InChI is InChI=1S/C21H21N5O/c27-21-18-5-1-2-6-19(18)26-15-16(12-20(26)23-21)14-24-8-10-25(11-9-24)17-4-3-7-22-13-17/h1-7,12-13,15H,8-11,14H2,(H,23,27). The molecule has 1 aliphatic heterocycles. The molecule has 1 aliphatic rings. The van der Waals surface area contributed by atoms with Gasteiger partial charge in [0.15, 0.2) is 0 Å². The van der Waals surface area contributed by atoms with Crippen LogP contribution in [0.1, 0.15) is 5.56 Å². The van der Waals surface area contributed by atoms with Crippen molar-refractivity contribution in [2.24, 2.45) is 0 Å². The van der Waals surface area contributed by atoms with Crippen LogP contribution in [0.3, 0.4) is 0 Å². The van der Waals surface area contributed by atoms with Crippen molar-refractivity contribution in [2.45, 2.75) is 6.54 Å². The molecule has 0 amide bonds. The number of aromatic amines is 1. The van der Waals surface area contributed by atoms with Crippen molar-refractivity contribution in [3.63, 3.8) is 0 Å². The van der Waals surface area contributed by atoms with E-state index in [0.717, 1.165) is 49.3 Å². The van der Waals surface area contributed by atoms with Crippen LogP contribution in [-0.2, 0) is 6.54 Å². The van der Waals surface area contributed by atoms with E-state index in [0.29, 0.717) is 0 Å². The van der Waals surface area contributed by atoms with E-state index in [9.17, 15) is 4.79 Å². The zero-order valence-corrected chi connectivity index (χ0v) is 15.0. The third-order valence-corrected chi connectivity index (χ3v) is 5.32. The van der Waals surface area contributed by atoms with Gasteiger partial charge in [-0.1, -0.05) is 12.1 Å². The van der Waals surface area contributed by atoms with Crippen LogP contribution in [0.15, 0.2) is 65.8 Å². The quantitative estimate of drug-likeness (QED) is 0.611. The molecule has 5 rings (SSSR count). The minimum Gasteiger partial charge on any atom is -0.368 e. The third-order valence-electron chi connectivity index (χ3n) is 5.32. The predicted molar refractivity (Wildman–Crippen MR) is 107 cm³/mol. The topological polar surface area (TPSA) is 56.6 Å². The first kappa shape index (κ1) is 16.1. The van der Waals surface area contributed by atoms with Gasteiger partial charge >= 0.3 is 0 Å². The normalized spacial score (nSPS) is 15.6. The molecule has 4 heterocycles. The Morgan fingerprint density at radius 1 is 1.04 bits per heavy atom. The smallest absolute Gasteiger partial charge is 0.258 e. The molecule has 4 aromatic rings. The molecule has 3 aromatic heterocycles. The van der Waals surface area contributed by atoms with Crippen LogP contribution in [0.4, 0.5) is 5.69 Å². The Kier molecular flexibility index (Phi) is 3.90. The van der Waals surface area contributed by atoms with Gasteiger partial charge in [0.2, 0.25) is 0 Å². The highest BCUT2D eigenvalue weighted by Crippen LogP contribution is 2.18. The number of piperazine rings is 1. The predicted octanol–water partition coefficient (Wildman–Crippen LogP) is 2.50. The summed E-state index contributed by atoms with van der Waals surface area (Å²) in [5.41, 5.74) is 4.17. The van der Waals surface area contributed by atoms with Crippen molar-refractivity contribution in [1.29, 1.82) is 0 Å². The van der Waals surface area contributed by atoms with E-state index in [1.807, 2.05) is 42.7 Å². The van der Waals surface area contributed by atoms with Gasteiger partial charge in [-0.2, -0.15) is 0 Å². The van der Waals surface area contributed by atoms with E-state index in [2.05, 4.69) is 42.5 Å². The van der Waals surface area contributed by atoms with Gasteiger partial charge in [0.25, 0.3) is 5.56 Å². The SMILES string of the molecule is O=c1[nH]c2cc(CN3CCN(c4cccnc4)CC3)cn2c2ccccc12. The molecule has 136 valence electrons. The van der Waals surface area contributed by atoms with Crippen LogP contribution in [0.2, 0.25) is 0 Å². The number of para-hydroxylation sites is 1. The molecule has 0 saturated carbocycles. The first-order chi connectivity index (χ1) is 13.3. The van der Waals surface area contributed by atoms with E-state index >= 15 is 0 Å². The monoisotopic (exact) mass is 359 g/mol. The second kappa shape index (κ2) is 6.55. The molecule has 0 unspecified atom stereocenters. The van der Waals surface area contributed by atoms with E-state index in [4.69, 9.17) is 0 Å². The number of nitrogens with zero attached hydrogens (tertiary/aromatic N) is 4. The molecule has 6 nitrogen and oxygen atoms in total. The fraction of sp³-hybridized carbons (Fsp3) is 0.238. The zero-order valence-electron chi connectivity index (χ0n) is 15.0. The number of H-pyrrole nitrogens is 1. The number of rotatable bonds is 3. The highest BCUT2D eigenvalue weighted by molar-refractivity contribution is 5.80. The lowest BCUT2D eigenvalue weighted by Crippen LogP contribution is -2.45. The molecule has 0 atom stereocenters. The minimum absolute atomic E-state index is 0.0344. The molecule has 1 saturated heterocycles. The maximum absolute atomic E-state index is 12.3. The molecule has 0 aliphatic carbocycles. The van der Waals surface area contributed by atoms with Crippen LogP contribution in [0, 0.1) is 0 Å². The third kappa shape index (κ3) is 2.98. The van der Waals surface area contributed by atoms with Gasteiger partial charge in [0.05, 0.1) is 22.8 Å².